The number of unbranched alkanes of at least 4 members (excludes halogenated alkanes) is 9. The van der Waals surface area contributed by atoms with E-state index < -0.39 is 23.3 Å². The van der Waals surface area contributed by atoms with E-state index in [1.165, 1.54) is 62.7 Å². The van der Waals surface area contributed by atoms with Crippen LogP contribution in [0.3, 0.4) is 0 Å². The summed E-state index contributed by atoms with van der Waals surface area (Å²) in [5, 5.41) is 18.9. The van der Waals surface area contributed by atoms with Gasteiger partial charge in [-0.2, -0.15) is 0 Å². The lowest BCUT2D eigenvalue weighted by Crippen LogP contribution is -2.41. The molecule has 1 saturated heterocycles. The highest BCUT2D eigenvalue weighted by Crippen LogP contribution is 2.42. The quantitative estimate of drug-likeness (QED) is 0.350. The normalized spacial score (nSPS) is 20.2. The number of carboxylic acids is 1. The number of ether oxygens (including phenoxy) is 1. The molecule has 1 amide bonds. The minimum absolute atomic E-state index is 0.0368. The molecule has 2 aliphatic rings. The van der Waals surface area contributed by atoms with E-state index in [4.69, 9.17) is 4.74 Å². The fraction of sp³-hybridized carbons (Fsp3) is 0.600. The first-order valence-electron chi connectivity index (χ1n) is 11.9. The molecule has 1 aromatic rings. The van der Waals surface area contributed by atoms with Crippen LogP contribution in [0.25, 0.3) is 5.57 Å². The largest absolute Gasteiger partial charge is 0.509 e. The molecule has 0 spiro atoms. The summed E-state index contributed by atoms with van der Waals surface area (Å²) >= 11 is 1.16. The topological polar surface area (TPSA) is 87.1 Å². The molecule has 176 valence electrons. The Kier molecular flexibility index (Phi) is 9.33. The number of aliphatic hydroxyl groups is 1. The maximum absolute atomic E-state index is 12.8. The van der Waals surface area contributed by atoms with Gasteiger partial charge in [0, 0.05) is 5.75 Å². The number of carboxylic acid groups (broad SMARTS) is 1. The molecule has 2 unspecified atom stereocenters. The molecule has 32 heavy (non-hydrogen) atoms. The van der Waals surface area contributed by atoms with Gasteiger partial charge in [0.25, 0.3) is 5.91 Å². The van der Waals surface area contributed by atoms with Crippen molar-refractivity contribution < 1.29 is 24.5 Å². The lowest BCUT2D eigenvalue weighted by Gasteiger charge is -2.20. The molecule has 0 aliphatic carbocycles. The lowest BCUT2D eigenvalue weighted by atomic mass is 10.0. The van der Waals surface area contributed by atoms with Gasteiger partial charge in [-0.25, -0.2) is 4.79 Å². The number of amides is 1. The molecule has 0 saturated carbocycles. The van der Waals surface area contributed by atoms with Crippen LogP contribution in [0.4, 0.5) is 0 Å². The Hall–Kier alpha value is -2.15. The molecule has 1 aromatic carbocycles. The molecule has 3 rings (SSSR count). The second-order valence-electron chi connectivity index (χ2n) is 8.57. The van der Waals surface area contributed by atoms with E-state index in [1.807, 2.05) is 0 Å². The van der Waals surface area contributed by atoms with Gasteiger partial charge in [0.15, 0.2) is 5.37 Å². The Labute approximate surface area is 195 Å². The van der Waals surface area contributed by atoms with Crippen molar-refractivity contribution in [3.05, 3.63) is 35.6 Å². The number of aliphatic hydroxyl groups excluding tert-OH is 1. The van der Waals surface area contributed by atoms with Crippen LogP contribution in [-0.2, 0) is 9.59 Å². The van der Waals surface area contributed by atoms with Crippen molar-refractivity contribution in [3.8, 4) is 5.75 Å². The van der Waals surface area contributed by atoms with Crippen LogP contribution in [0, 0.1) is 0 Å². The molecular formula is C25H35NO5S. The summed E-state index contributed by atoms with van der Waals surface area (Å²) in [6.07, 6.45) is 12.8. The monoisotopic (exact) mass is 461 g/mol. The third-order valence-electron chi connectivity index (χ3n) is 6.14. The summed E-state index contributed by atoms with van der Waals surface area (Å²) in [7, 11) is 0. The van der Waals surface area contributed by atoms with Gasteiger partial charge in [0.1, 0.15) is 17.6 Å². The van der Waals surface area contributed by atoms with Gasteiger partial charge < -0.3 is 19.8 Å². The molecule has 0 bridgehead atoms. The average Bonchev–Trinajstić information content (AvgIpc) is 3.33. The van der Waals surface area contributed by atoms with Crippen molar-refractivity contribution in [2.75, 3.05) is 12.4 Å². The van der Waals surface area contributed by atoms with E-state index >= 15 is 0 Å². The van der Waals surface area contributed by atoms with E-state index in [0.717, 1.165) is 23.9 Å². The van der Waals surface area contributed by atoms with Crippen molar-refractivity contribution in [3.63, 3.8) is 0 Å². The Bertz CT molecular complexity index is 807. The van der Waals surface area contributed by atoms with Crippen molar-refractivity contribution >= 4 is 29.2 Å². The van der Waals surface area contributed by atoms with Gasteiger partial charge in [-0.3, -0.25) is 4.79 Å². The van der Waals surface area contributed by atoms with Crippen molar-refractivity contribution in [1.82, 2.24) is 4.90 Å². The van der Waals surface area contributed by atoms with Crippen molar-refractivity contribution in [2.24, 2.45) is 0 Å². The molecule has 1 fully saturated rings. The summed E-state index contributed by atoms with van der Waals surface area (Å²) in [6, 6.07) is 6.54. The molecule has 2 aliphatic heterocycles. The minimum atomic E-state index is -1.06. The number of carbonyl (C=O) groups is 2. The summed E-state index contributed by atoms with van der Waals surface area (Å²) in [5.74, 6) is -0.405. The first-order valence-corrected chi connectivity index (χ1v) is 12.9. The number of thioether (sulfide) groups is 1. The van der Waals surface area contributed by atoms with Crippen LogP contribution in [0.2, 0.25) is 0 Å². The van der Waals surface area contributed by atoms with Crippen molar-refractivity contribution in [1.29, 1.82) is 0 Å². The fourth-order valence-corrected chi connectivity index (χ4v) is 5.56. The third kappa shape index (κ3) is 6.00. The smallest absolute Gasteiger partial charge is 0.337 e. The summed E-state index contributed by atoms with van der Waals surface area (Å²) < 4.78 is 5.82. The zero-order valence-electron chi connectivity index (χ0n) is 18.9. The van der Waals surface area contributed by atoms with E-state index in [0.29, 0.717) is 17.9 Å². The molecule has 2 heterocycles. The number of hydrogen-bond acceptors (Lipinski definition) is 5. The second kappa shape index (κ2) is 12.2. The maximum atomic E-state index is 12.8. The van der Waals surface area contributed by atoms with Gasteiger partial charge in [0.05, 0.1) is 12.2 Å². The number of fused-ring (bicyclic) bond motifs is 1. The Morgan fingerprint density at radius 1 is 1.03 bits per heavy atom. The number of carbonyl (C=O) groups excluding carboxylic acids is 1. The van der Waals surface area contributed by atoms with Gasteiger partial charge in [-0.15, -0.1) is 11.8 Å². The molecule has 2 N–H and O–H groups in total. The molecule has 2 atom stereocenters. The highest BCUT2D eigenvalue weighted by molar-refractivity contribution is 8.00. The Morgan fingerprint density at radius 2 is 1.62 bits per heavy atom. The highest BCUT2D eigenvalue weighted by atomic mass is 32.2. The molecule has 0 radical (unpaired) electrons. The molecular weight excluding hydrogens is 426 g/mol. The number of nitrogens with zero attached hydrogens (tertiary/aromatic N) is 1. The Balaban J connectivity index is 1.39. The van der Waals surface area contributed by atoms with Gasteiger partial charge >= 0.3 is 5.97 Å². The van der Waals surface area contributed by atoms with Crippen LogP contribution in [-0.4, -0.2) is 50.8 Å². The first-order chi connectivity index (χ1) is 15.5. The van der Waals surface area contributed by atoms with E-state index in [-0.39, 0.29) is 11.3 Å². The first kappa shape index (κ1) is 24.5. The standard InChI is InChI=1S/C25H35NO5S/c1-2-3-4-5-6-7-8-9-10-11-16-31-19-14-12-18(13-15-19)21-22(27)20-17-32-24(25(29)30)26(20)23(21)28/h12-15,20,24,27H,2-11,16-17H2,1H3,(H,29,30). The number of benzene rings is 1. The lowest BCUT2D eigenvalue weighted by molar-refractivity contribution is -0.143. The second-order valence-corrected chi connectivity index (χ2v) is 9.68. The zero-order chi connectivity index (χ0) is 22.9. The van der Waals surface area contributed by atoms with Crippen LogP contribution < -0.4 is 4.74 Å². The summed E-state index contributed by atoms with van der Waals surface area (Å²) in [4.78, 5) is 25.5. The van der Waals surface area contributed by atoms with E-state index in [9.17, 15) is 19.8 Å². The zero-order valence-corrected chi connectivity index (χ0v) is 19.7. The summed E-state index contributed by atoms with van der Waals surface area (Å²) in [6.45, 7) is 2.91. The summed E-state index contributed by atoms with van der Waals surface area (Å²) in [5.41, 5.74) is 0.783. The molecule has 7 heteroatoms. The van der Waals surface area contributed by atoms with Gasteiger partial charge in [-0.05, 0) is 24.1 Å². The number of aliphatic carboxylic acids is 1. The SMILES string of the molecule is CCCCCCCCCCCCOc1ccc(C2=C(O)C3CSC(C(=O)O)N3C2=O)cc1. The average molecular weight is 462 g/mol. The third-order valence-corrected chi connectivity index (χ3v) is 7.39. The number of rotatable bonds is 14. The maximum Gasteiger partial charge on any atom is 0.337 e. The predicted octanol–water partition coefficient (Wildman–Crippen LogP) is 5.62. The molecule has 0 aromatic heterocycles. The van der Waals surface area contributed by atoms with Gasteiger partial charge in [0.2, 0.25) is 0 Å². The Morgan fingerprint density at radius 3 is 2.22 bits per heavy atom. The van der Waals surface area contributed by atoms with Gasteiger partial charge in [-0.1, -0.05) is 76.8 Å². The fourth-order valence-electron chi connectivity index (χ4n) is 4.33. The molecule has 6 nitrogen and oxygen atoms in total. The highest BCUT2D eigenvalue weighted by Gasteiger charge is 2.50. The van der Waals surface area contributed by atoms with Crippen LogP contribution in [0.1, 0.15) is 76.7 Å². The number of hydrogen-bond donors (Lipinski definition) is 2. The van der Waals surface area contributed by atoms with E-state index in [1.54, 1.807) is 24.3 Å². The predicted molar refractivity (Wildman–Crippen MR) is 128 cm³/mol. The van der Waals surface area contributed by atoms with Crippen LogP contribution in [0.15, 0.2) is 30.0 Å². The van der Waals surface area contributed by atoms with Crippen molar-refractivity contribution in [2.45, 2.75) is 82.5 Å². The van der Waals surface area contributed by atoms with E-state index in [2.05, 4.69) is 6.92 Å². The minimum Gasteiger partial charge on any atom is -0.509 e. The van der Waals surface area contributed by atoms with Crippen LogP contribution in [0.5, 0.6) is 5.75 Å². The van der Waals surface area contributed by atoms with Crippen LogP contribution >= 0.6 is 11.8 Å².